The highest BCUT2D eigenvalue weighted by Gasteiger charge is 2.34. The number of hydrogen-bond donors (Lipinski definition) is 1. The highest BCUT2D eigenvalue weighted by Crippen LogP contribution is 2.45. The fraction of sp³-hybridized carbons (Fsp3) is 0.471. The second kappa shape index (κ2) is 5.18. The summed E-state index contributed by atoms with van der Waals surface area (Å²) in [6, 6.07) is 5.84. The van der Waals surface area contributed by atoms with Crippen LogP contribution in [-0.4, -0.2) is 12.0 Å². The molecule has 4 heteroatoms. The second-order valence-electron chi connectivity index (χ2n) is 6.65. The van der Waals surface area contributed by atoms with Crippen LogP contribution in [-0.2, 0) is 6.42 Å². The molecule has 0 radical (unpaired) electrons. The molecule has 1 aliphatic rings. The lowest BCUT2D eigenvalue weighted by Gasteiger charge is -2.34. The normalized spacial score (nSPS) is 20.3. The van der Waals surface area contributed by atoms with Gasteiger partial charge in [0.05, 0.1) is 5.69 Å². The van der Waals surface area contributed by atoms with Crippen molar-refractivity contribution in [2.24, 2.45) is 5.41 Å². The molecule has 2 aromatic rings. The van der Waals surface area contributed by atoms with E-state index in [1.54, 1.807) is 24.3 Å². The van der Waals surface area contributed by atoms with Crippen LogP contribution in [0, 0.1) is 18.2 Å². The van der Waals surface area contributed by atoms with E-state index in [-0.39, 0.29) is 11.2 Å². The van der Waals surface area contributed by atoms with Crippen LogP contribution in [0.5, 0.6) is 0 Å². The van der Waals surface area contributed by atoms with E-state index in [4.69, 9.17) is 4.98 Å². The third-order valence-electron chi connectivity index (χ3n) is 4.22. The van der Waals surface area contributed by atoms with Gasteiger partial charge in [-0.3, -0.25) is 0 Å². The van der Waals surface area contributed by atoms with Gasteiger partial charge >= 0.3 is 0 Å². The lowest BCUT2D eigenvalue weighted by Crippen LogP contribution is -2.30. The molecule has 0 aliphatic heterocycles. The number of halogens is 1. The predicted molar refractivity (Wildman–Crippen MR) is 86.1 cm³/mol. The van der Waals surface area contributed by atoms with Gasteiger partial charge in [0.15, 0.2) is 0 Å². The minimum atomic E-state index is -0.149. The summed E-state index contributed by atoms with van der Waals surface area (Å²) in [5.74, 6) is -0.149. The summed E-state index contributed by atoms with van der Waals surface area (Å²) in [5.41, 5.74) is 2.66. The Labute approximate surface area is 129 Å². The van der Waals surface area contributed by atoms with Crippen LogP contribution in [0.3, 0.4) is 0 Å². The number of aryl methyl sites for hydroxylation is 1. The molecule has 2 nitrogen and oxygen atoms in total. The molecule has 1 atom stereocenters. The lowest BCUT2D eigenvalue weighted by molar-refractivity contribution is 0.265. The Morgan fingerprint density at radius 3 is 2.86 bits per heavy atom. The summed E-state index contributed by atoms with van der Waals surface area (Å²) < 4.78 is 14.3. The van der Waals surface area contributed by atoms with E-state index in [9.17, 15) is 4.39 Å². The molecule has 1 aromatic carbocycles. The largest absolute Gasteiger partial charge is 0.312 e. The van der Waals surface area contributed by atoms with E-state index in [2.05, 4.69) is 19.2 Å². The summed E-state index contributed by atoms with van der Waals surface area (Å²) >= 11 is 1.63. The third kappa shape index (κ3) is 2.62. The molecule has 1 N–H and O–H groups in total. The number of hydrogen-bond acceptors (Lipinski definition) is 3. The van der Waals surface area contributed by atoms with Crippen molar-refractivity contribution in [3.63, 3.8) is 0 Å². The number of thiazole rings is 1. The van der Waals surface area contributed by atoms with Crippen LogP contribution in [0.4, 0.5) is 4.39 Å². The summed E-state index contributed by atoms with van der Waals surface area (Å²) in [6.45, 7) is 6.34. The predicted octanol–water partition coefficient (Wildman–Crippen LogP) is 4.49. The standard InChI is InChI=1S/C17H21FN2S/c1-10-6-5-7-11(14(10)18)16-20-13-9-17(2,3)8-12(19-4)15(13)21-16/h5-7,12,19H,8-9H2,1-4H3. The van der Waals surface area contributed by atoms with Crippen molar-refractivity contribution in [3.05, 3.63) is 40.2 Å². The zero-order valence-electron chi connectivity index (χ0n) is 13.0. The van der Waals surface area contributed by atoms with Crippen LogP contribution in [0.25, 0.3) is 10.6 Å². The maximum Gasteiger partial charge on any atom is 0.136 e. The van der Waals surface area contributed by atoms with Crippen molar-refractivity contribution in [2.45, 2.75) is 39.7 Å². The van der Waals surface area contributed by atoms with Crippen LogP contribution >= 0.6 is 11.3 Å². The van der Waals surface area contributed by atoms with Gasteiger partial charge in [-0.15, -0.1) is 11.3 Å². The first kappa shape index (κ1) is 14.7. The summed E-state index contributed by atoms with van der Waals surface area (Å²) in [4.78, 5) is 6.03. The minimum Gasteiger partial charge on any atom is -0.312 e. The van der Waals surface area contributed by atoms with Crippen molar-refractivity contribution in [1.29, 1.82) is 0 Å². The Bertz CT molecular complexity index is 675. The molecule has 21 heavy (non-hydrogen) atoms. The fourth-order valence-corrected chi connectivity index (χ4v) is 4.30. The van der Waals surface area contributed by atoms with Gasteiger partial charge < -0.3 is 5.32 Å². The number of fused-ring (bicyclic) bond motifs is 1. The number of benzene rings is 1. The van der Waals surface area contributed by atoms with Crippen LogP contribution in [0.2, 0.25) is 0 Å². The molecule has 0 fully saturated rings. The monoisotopic (exact) mass is 304 g/mol. The van der Waals surface area contributed by atoms with E-state index >= 15 is 0 Å². The van der Waals surface area contributed by atoms with E-state index in [1.807, 2.05) is 19.2 Å². The minimum absolute atomic E-state index is 0.149. The maximum atomic E-state index is 14.3. The fourth-order valence-electron chi connectivity index (χ4n) is 3.09. The Kier molecular flexibility index (Phi) is 3.62. The van der Waals surface area contributed by atoms with Gasteiger partial charge in [-0.1, -0.05) is 26.0 Å². The molecule has 0 saturated carbocycles. The van der Waals surface area contributed by atoms with E-state index in [1.165, 1.54) is 4.88 Å². The Morgan fingerprint density at radius 2 is 2.14 bits per heavy atom. The second-order valence-corrected chi connectivity index (χ2v) is 7.68. The summed E-state index contributed by atoms with van der Waals surface area (Å²) in [5, 5.41) is 4.19. The third-order valence-corrected chi connectivity index (χ3v) is 5.46. The van der Waals surface area contributed by atoms with Crippen LogP contribution in [0.1, 0.15) is 42.4 Å². The first-order valence-electron chi connectivity index (χ1n) is 7.33. The van der Waals surface area contributed by atoms with Crippen molar-refractivity contribution in [1.82, 2.24) is 10.3 Å². The number of rotatable bonds is 2. The highest BCUT2D eigenvalue weighted by molar-refractivity contribution is 7.15. The molecular weight excluding hydrogens is 283 g/mol. The molecule has 1 aromatic heterocycles. The van der Waals surface area contributed by atoms with Crippen molar-refractivity contribution < 1.29 is 4.39 Å². The van der Waals surface area contributed by atoms with Gasteiger partial charge in [0.2, 0.25) is 0 Å². The molecule has 0 spiro atoms. The Hall–Kier alpha value is -1.26. The first-order chi connectivity index (χ1) is 9.91. The van der Waals surface area contributed by atoms with Crippen molar-refractivity contribution in [2.75, 3.05) is 7.05 Å². The quantitative estimate of drug-likeness (QED) is 0.884. The smallest absolute Gasteiger partial charge is 0.136 e. The molecule has 3 rings (SSSR count). The Balaban J connectivity index is 2.08. The number of aromatic nitrogens is 1. The molecular formula is C17H21FN2S. The topological polar surface area (TPSA) is 24.9 Å². The molecule has 1 aliphatic carbocycles. The van der Waals surface area contributed by atoms with Gasteiger partial charge in [0.25, 0.3) is 0 Å². The summed E-state index contributed by atoms with van der Waals surface area (Å²) in [7, 11) is 1.99. The van der Waals surface area contributed by atoms with Gasteiger partial charge in [-0.25, -0.2) is 9.37 Å². The molecule has 1 heterocycles. The van der Waals surface area contributed by atoms with Gasteiger partial charge in [0, 0.05) is 16.5 Å². The van der Waals surface area contributed by atoms with E-state index < -0.39 is 0 Å². The van der Waals surface area contributed by atoms with E-state index in [0.29, 0.717) is 17.2 Å². The van der Waals surface area contributed by atoms with Crippen molar-refractivity contribution >= 4 is 11.3 Å². The average molecular weight is 304 g/mol. The first-order valence-corrected chi connectivity index (χ1v) is 8.15. The zero-order chi connectivity index (χ0) is 15.2. The molecule has 0 saturated heterocycles. The average Bonchev–Trinajstić information content (AvgIpc) is 2.83. The maximum absolute atomic E-state index is 14.3. The lowest BCUT2D eigenvalue weighted by atomic mass is 9.76. The van der Waals surface area contributed by atoms with Crippen LogP contribution in [0.15, 0.2) is 18.2 Å². The SMILES string of the molecule is CNC1CC(C)(C)Cc2nc(-c3cccc(C)c3F)sc21. The molecule has 0 bridgehead atoms. The van der Waals surface area contributed by atoms with E-state index in [0.717, 1.165) is 23.5 Å². The number of nitrogens with one attached hydrogen (secondary N) is 1. The molecule has 112 valence electrons. The molecule has 1 unspecified atom stereocenters. The van der Waals surface area contributed by atoms with Gasteiger partial charge in [-0.2, -0.15) is 0 Å². The zero-order valence-corrected chi connectivity index (χ0v) is 13.8. The highest BCUT2D eigenvalue weighted by atomic mass is 32.1. The van der Waals surface area contributed by atoms with Crippen molar-refractivity contribution in [3.8, 4) is 10.6 Å². The molecule has 0 amide bonds. The van der Waals surface area contributed by atoms with Gasteiger partial charge in [0.1, 0.15) is 10.8 Å². The van der Waals surface area contributed by atoms with Gasteiger partial charge in [-0.05, 0) is 43.9 Å². The summed E-state index contributed by atoms with van der Waals surface area (Å²) in [6.07, 6.45) is 2.05. The number of nitrogens with zero attached hydrogens (tertiary/aromatic N) is 1. The van der Waals surface area contributed by atoms with Crippen LogP contribution < -0.4 is 5.32 Å². The Morgan fingerprint density at radius 1 is 1.38 bits per heavy atom.